The summed E-state index contributed by atoms with van der Waals surface area (Å²) in [7, 11) is 3.44. The molecule has 2 amide bonds. The van der Waals surface area contributed by atoms with Crippen LogP contribution in [-0.2, 0) is 16.0 Å². The van der Waals surface area contributed by atoms with Gasteiger partial charge in [-0.05, 0) is 47.6 Å². The number of nitrogens with zero attached hydrogens (tertiary/aromatic N) is 1. The van der Waals surface area contributed by atoms with E-state index in [0.29, 0.717) is 11.4 Å². The zero-order valence-corrected chi connectivity index (χ0v) is 16.6. The molecule has 0 bridgehead atoms. The smallest absolute Gasteiger partial charge is 0.250 e. The zero-order valence-electron chi connectivity index (χ0n) is 15.0. The summed E-state index contributed by atoms with van der Waals surface area (Å²) in [6, 6.07) is 14.5. The quantitative estimate of drug-likeness (QED) is 0.594. The molecule has 0 fully saturated rings. The van der Waals surface area contributed by atoms with Crippen LogP contribution in [0.5, 0.6) is 0 Å². The van der Waals surface area contributed by atoms with Crippen molar-refractivity contribution in [3.63, 3.8) is 0 Å². The number of amides is 2. The van der Waals surface area contributed by atoms with Crippen LogP contribution in [-0.4, -0.2) is 35.9 Å². The minimum absolute atomic E-state index is 0.0313. The van der Waals surface area contributed by atoms with Crippen LogP contribution in [0, 0.1) is 0 Å². The van der Waals surface area contributed by atoms with E-state index in [4.69, 9.17) is 23.8 Å². The Balaban J connectivity index is 1.87. The van der Waals surface area contributed by atoms with Crippen molar-refractivity contribution in [1.82, 2.24) is 10.2 Å². The van der Waals surface area contributed by atoms with Gasteiger partial charge in [0, 0.05) is 30.9 Å². The maximum Gasteiger partial charge on any atom is 0.250 e. The molecular weight excluding hydrogens is 382 g/mol. The van der Waals surface area contributed by atoms with Crippen molar-refractivity contribution in [1.29, 1.82) is 0 Å². The monoisotopic (exact) mass is 401 g/mol. The molecule has 0 heterocycles. The van der Waals surface area contributed by atoms with Crippen molar-refractivity contribution in [3.05, 3.63) is 70.8 Å². The lowest BCUT2D eigenvalue weighted by molar-refractivity contribution is -0.128. The molecule has 5 nitrogen and oxygen atoms in total. The molecule has 0 saturated heterocycles. The molecule has 0 aliphatic heterocycles. The van der Waals surface area contributed by atoms with Crippen molar-refractivity contribution in [3.8, 4) is 0 Å². The third kappa shape index (κ3) is 6.84. The number of anilines is 1. The standard InChI is InChI=1S/C20H20ClN3O2S/c1-24(2)19(26)13-14-7-10-16(11-8-14)22-20(27)23-18(25)12-9-15-5-3-4-6-17(15)21/h3-12H,13H2,1-2H3,(H2,22,23,25,27)/b12-9+. The summed E-state index contributed by atoms with van der Waals surface area (Å²) in [6.45, 7) is 0. The van der Waals surface area contributed by atoms with E-state index in [1.54, 1.807) is 43.3 Å². The van der Waals surface area contributed by atoms with Crippen LogP contribution < -0.4 is 10.6 Å². The number of rotatable bonds is 5. The molecular formula is C20H20ClN3O2S. The van der Waals surface area contributed by atoms with Gasteiger partial charge in [-0.15, -0.1) is 0 Å². The first-order valence-corrected chi connectivity index (χ1v) is 8.97. The zero-order chi connectivity index (χ0) is 19.8. The van der Waals surface area contributed by atoms with Gasteiger partial charge in [0.1, 0.15) is 0 Å². The van der Waals surface area contributed by atoms with Gasteiger partial charge in [0.25, 0.3) is 0 Å². The molecule has 0 saturated carbocycles. The first-order valence-electron chi connectivity index (χ1n) is 8.19. The molecule has 2 N–H and O–H groups in total. The Morgan fingerprint density at radius 3 is 2.41 bits per heavy atom. The summed E-state index contributed by atoms with van der Waals surface area (Å²) in [6.07, 6.45) is 3.32. The lowest BCUT2D eigenvalue weighted by Gasteiger charge is -2.11. The average Bonchev–Trinajstić information content (AvgIpc) is 2.62. The Kier molecular flexibility index (Phi) is 7.52. The molecule has 2 aromatic carbocycles. The lowest BCUT2D eigenvalue weighted by Crippen LogP contribution is -2.32. The summed E-state index contributed by atoms with van der Waals surface area (Å²) >= 11 is 11.2. The highest BCUT2D eigenvalue weighted by Gasteiger charge is 2.06. The Labute approximate surface area is 169 Å². The molecule has 0 atom stereocenters. The highest BCUT2D eigenvalue weighted by molar-refractivity contribution is 7.80. The lowest BCUT2D eigenvalue weighted by atomic mass is 10.1. The summed E-state index contributed by atoms with van der Waals surface area (Å²) in [5.41, 5.74) is 2.37. The fourth-order valence-electron chi connectivity index (χ4n) is 2.13. The highest BCUT2D eigenvalue weighted by atomic mass is 35.5. The second-order valence-corrected chi connectivity index (χ2v) is 6.78. The molecule has 27 heavy (non-hydrogen) atoms. The average molecular weight is 402 g/mol. The van der Waals surface area contributed by atoms with Crippen LogP contribution in [0.2, 0.25) is 5.02 Å². The fraction of sp³-hybridized carbons (Fsp3) is 0.150. The van der Waals surface area contributed by atoms with E-state index in [1.807, 2.05) is 30.3 Å². The first-order chi connectivity index (χ1) is 12.8. The summed E-state index contributed by atoms with van der Waals surface area (Å²) < 4.78 is 0. The molecule has 0 radical (unpaired) electrons. The number of hydrogen-bond donors (Lipinski definition) is 2. The molecule has 140 valence electrons. The topological polar surface area (TPSA) is 61.4 Å². The van der Waals surface area contributed by atoms with Crippen molar-refractivity contribution in [2.75, 3.05) is 19.4 Å². The van der Waals surface area contributed by atoms with E-state index in [9.17, 15) is 9.59 Å². The van der Waals surface area contributed by atoms with Crippen LogP contribution in [0.25, 0.3) is 6.08 Å². The SMILES string of the molecule is CN(C)C(=O)Cc1ccc(NC(=S)NC(=O)/C=C/c2ccccc2Cl)cc1. The molecule has 0 unspecified atom stereocenters. The maximum absolute atomic E-state index is 12.0. The van der Waals surface area contributed by atoms with Gasteiger partial charge in [-0.1, -0.05) is 41.9 Å². The molecule has 0 spiro atoms. The molecule has 2 rings (SSSR count). The van der Waals surface area contributed by atoms with Crippen molar-refractivity contribution < 1.29 is 9.59 Å². The van der Waals surface area contributed by atoms with Crippen LogP contribution in [0.4, 0.5) is 5.69 Å². The van der Waals surface area contributed by atoms with Crippen LogP contribution >= 0.6 is 23.8 Å². The minimum Gasteiger partial charge on any atom is -0.349 e. The van der Waals surface area contributed by atoms with Crippen LogP contribution in [0.15, 0.2) is 54.6 Å². The minimum atomic E-state index is -0.361. The van der Waals surface area contributed by atoms with Gasteiger partial charge in [-0.2, -0.15) is 0 Å². The molecule has 0 aliphatic carbocycles. The Morgan fingerprint density at radius 1 is 1.11 bits per heavy atom. The van der Waals surface area contributed by atoms with E-state index in [-0.39, 0.29) is 16.9 Å². The number of halogens is 1. The number of hydrogen-bond acceptors (Lipinski definition) is 3. The van der Waals surface area contributed by atoms with Gasteiger partial charge in [-0.3, -0.25) is 14.9 Å². The highest BCUT2D eigenvalue weighted by Crippen LogP contribution is 2.16. The number of likely N-dealkylation sites (N-methyl/N-ethyl adjacent to an activating group) is 1. The largest absolute Gasteiger partial charge is 0.349 e. The predicted octanol–water partition coefficient (Wildman–Crippen LogP) is 3.50. The number of benzene rings is 2. The fourth-order valence-corrected chi connectivity index (χ4v) is 2.55. The predicted molar refractivity (Wildman–Crippen MR) is 114 cm³/mol. The van der Waals surface area contributed by atoms with Gasteiger partial charge in [0.2, 0.25) is 11.8 Å². The summed E-state index contributed by atoms with van der Waals surface area (Å²) in [5, 5.41) is 6.25. The normalized spacial score (nSPS) is 10.5. The number of thiocarbonyl (C=S) groups is 1. The summed E-state index contributed by atoms with van der Waals surface area (Å²) in [5.74, 6) is -0.329. The maximum atomic E-state index is 12.0. The molecule has 0 aliphatic rings. The first kappa shape index (κ1) is 20.6. The van der Waals surface area contributed by atoms with E-state index in [1.165, 1.54) is 6.08 Å². The van der Waals surface area contributed by atoms with Crippen molar-refractivity contribution in [2.24, 2.45) is 0 Å². The Bertz CT molecular complexity index is 864. The van der Waals surface area contributed by atoms with Gasteiger partial charge in [0.05, 0.1) is 6.42 Å². The van der Waals surface area contributed by atoms with Gasteiger partial charge < -0.3 is 10.2 Å². The van der Waals surface area contributed by atoms with E-state index >= 15 is 0 Å². The second-order valence-electron chi connectivity index (χ2n) is 5.96. The molecule has 7 heteroatoms. The molecule has 2 aromatic rings. The molecule has 0 aromatic heterocycles. The number of nitrogens with one attached hydrogen (secondary N) is 2. The number of carbonyl (C=O) groups excluding carboxylic acids is 2. The van der Waals surface area contributed by atoms with Crippen LogP contribution in [0.1, 0.15) is 11.1 Å². The third-order valence-electron chi connectivity index (χ3n) is 3.62. The van der Waals surface area contributed by atoms with Gasteiger partial charge in [0.15, 0.2) is 5.11 Å². The van der Waals surface area contributed by atoms with Crippen molar-refractivity contribution in [2.45, 2.75) is 6.42 Å². The second kappa shape index (κ2) is 9.85. The van der Waals surface area contributed by atoms with E-state index in [2.05, 4.69) is 10.6 Å². The van der Waals surface area contributed by atoms with E-state index < -0.39 is 0 Å². The summed E-state index contributed by atoms with van der Waals surface area (Å²) in [4.78, 5) is 25.2. The Hall–Kier alpha value is -2.70. The van der Waals surface area contributed by atoms with E-state index in [0.717, 1.165) is 16.8 Å². The number of carbonyl (C=O) groups is 2. The Morgan fingerprint density at radius 2 is 1.78 bits per heavy atom. The van der Waals surface area contributed by atoms with Gasteiger partial charge >= 0.3 is 0 Å². The van der Waals surface area contributed by atoms with Crippen LogP contribution in [0.3, 0.4) is 0 Å². The van der Waals surface area contributed by atoms with Gasteiger partial charge in [-0.25, -0.2) is 0 Å². The van der Waals surface area contributed by atoms with Crippen molar-refractivity contribution >= 4 is 52.5 Å². The third-order valence-corrected chi connectivity index (χ3v) is 4.17.